The van der Waals surface area contributed by atoms with E-state index in [9.17, 15) is 18.3 Å². The summed E-state index contributed by atoms with van der Waals surface area (Å²) < 4.78 is 27.1. The van der Waals surface area contributed by atoms with Gasteiger partial charge in [0.1, 0.15) is 0 Å². The van der Waals surface area contributed by atoms with E-state index in [0.717, 1.165) is 23.6 Å². The van der Waals surface area contributed by atoms with Crippen molar-refractivity contribution in [2.24, 2.45) is 0 Å². The Balaban J connectivity index is 2.79. The van der Waals surface area contributed by atoms with Crippen molar-refractivity contribution in [1.29, 1.82) is 0 Å². The molecule has 0 bridgehead atoms. The van der Waals surface area contributed by atoms with Crippen molar-refractivity contribution in [1.82, 2.24) is 8.61 Å². The van der Waals surface area contributed by atoms with E-state index in [1.807, 2.05) is 0 Å². The minimum Gasteiger partial charge on any atom is -0.481 e. The summed E-state index contributed by atoms with van der Waals surface area (Å²) in [6.45, 7) is 0.114. The van der Waals surface area contributed by atoms with E-state index in [4.69, 9.17) is 5.11 Å². The zero-order chi connectivity index (χ0) is 14.5. The van der Waals surface area contributed by atoms with E-state index in [-0.39, 0.29) is 19.6 Å². The number of nitrogens with zero attached hydrogens (tertiary/aromatic N) is 2. The van der Waals surface area contributed by atoms with Crippen molar-refractivity contribution < 1.29 is 23.4 Å². The fourth-order valence-electron chi connectivity index (χ4n) is 2.18. The molecule has 0 aromatic heterocycles. The molecule has 8 heteroatoms. The Morgan fingerprint density at radius 3 is 2.63 bits per heavy atom. The molecule has 1 aliphatic heterocycles. The Bertz CT molecular complexity index is 398. The van der Waals surface area contributed by atoms with Crippen molar-refractivity contribution in [2.75, 3.05) is 26.7 Å². The average molecular weight is 294 g/mol. The van der Waals surface area contributed by atoms with Crippen LogP contribution in [0.15, 0.2) is 0 Å². The lowest BCUT2D eigenvalue weighted by Gasteiger charge is -2.31. The highest BCUT2D eigenvalue weighted by Crippen LogP contribution is 2.21. The van der Waals surface area contributed by atoms with Gasteiger partial charge in [-0.05, 0) is 12.8 Å². The summed E-state index contributed by atoms with van der Waals surface area (Å²) in [7, 11) is -2.33. The van der Waals surface area contributed by atoms with Crippen LogP contribution in [-0.4, -0.2) is 66.0 Å². The van der Waals surface area contributed by atoms with Crippen LogP contribution in [0.3, 0.4) is 0 Å². The number of rotatable bonds is 6. The number of aliphatic carboxylic acids is 1. The molecule has 1 atom stereocenters. The Morgan fingerprint density at radius 2 is 2.05 bits per heavy atom. The van der Waals surface area contributed by atoms with Gasteiger partial charge in [0.2, 0.25) is 0 Å². The van der Waals surface area contributed by atoms with Crippen molar-refractivity contribution >= 4 is 16.2 Å². The number of carbonyl (C=O) groups is 1. The van der Waals surface area contributed by atoms with Gasteiger partial charge in [0, 0.05) is 26.2 Å². The van der Waals surface area contributed by atoms with E-state index in [0.29, 0.717) is 13.0 Å². The molecule has 1 heterocycles. The van der Waals surface area contributed by atoms with Gasteiger partial charge < -0.3 is 10.2 Å². The molecular formula is C11H22N2O5S. The molecule has 0 aromatic rings. The molecule has 19 heavy (non-hydrogen) atoms. The van der Waals surface area contributed by atoms with Gasteiger partial charge in [-0.15, -0.1) is 0 Å². The molecule has 1 rings (SSSR count). The summed E-state index contributed by atoms with van der Waals surface area (Å²) in [6.07, 6.45) is 3.02. The summed E-state index contributed by atoms with van der Waals surface area (Å²) in [4.78, 5) is 10.5. The molecule has 1 fully saturated rings. The number of hydrogen-bond acceptors (Lipinski definition) is 4. The summed E-state index contributed by atoms with van der Waals surface area (Å²) in [5.74, 6) is -1.03. The highest BCUT2D eigenvalue weighted by molar-refractivity contribution is 7.86. The molecular weight excluding hydrogens is 272 g/mol. The van der Waals surface area contributed by atoms with Crippen molar-refractivity contribution in [3.63, 3.8) is 0 Å². The smallest absolute Gasteiger partial charge is 0.304 e. The maximum Gasteiger partial charge on any atom is 0.304 e. The fraction of sp³-hybridized carbons (Fsp3) is 0.909. The standard InChI is InChI=1S/C11H22N2O5S/c1-12(8-6-11(15)16)19(17,18)13-7-4-2-3-5-10(13)9-14/h10,14H,2-9H2,1H3,(H,15,16). The molecule has 0 spiro atoms. The van der Waals surface area contributed by atoms with E-state index in [2.05, 4.69) is 0 Å². The van der Waals surface area contributed by atoms with Gasteiger partial charge in [0.05, 0.1) is 13.0 Å². The molecule has 0 aromatic carbocycles. The quantitative estimate of drug-likeness (QED) is 0.711. The molecule has 0 radical (unpaired) electrons. The third-order valence-electron chi connectivity index (χ3n) is 3.36. The average Bonchev–Trinajstić information content (AvgIpc) is 2.60. The van der Waals surface area contributed by atoms with E-state index < -0.39 is 22.2 Å². The van der Waals surface area contributed by atoms with Crippen LogP contribution in [0.5, 0.6) is 0 Å². The fourth-order valence-corrected chi connectivity index (χ4v) is 3.77. The van der Waals surface area contributed by atoms with Crippen LogP contribution in [0, 0.1) is 0 Å². The van der Waals surface area contributed by atoms with Crippen LogP contribution >= 0.6 is 0 Å². The minimum absolute atomic E-state index is 0.0632. The maximum atomic E-state index is 12.4. The lowest BCUT2D eigenvalue weighted by molar-refractivity contribution is -0.137. The Hall–Kier alpha value is -0.700. The van der Waals surface area contributed by atoms with Gasteiger partial charge in [-0.1, -0.05) is 12.8 Å². The van der Waals surface area contributed by atoms with Gasteiger partial charge in [0.15, 0.2) is 0 Å². The lowest BCUT2D eigenvalue weighted by Crippen LogP contribution is -2.48. The van der Waals surface area contributed by atoms with Crippen LogP contribution < -0.4 is 0 Å². The van der Waals surface area contributed by atoms with Crippen LogP contribution in [0.2, 0.25) is 0 Å². The Labute approximate surface area is 114 Å². The zero-order valence-electron chi connectivity index (χ0n) is 11.2. The molecule has 1 unspecified atom stereocenters. The number of carboxylic acid groups (broad SMARTS) is 1. The maximum absolute atomic E-state index is 12.4. The normalized spacial score (nSPS) is 22.4. The number of aliphatic hydroxyl groups excluding tert-OH is 1. The first-order valence-corrected chi connectivity index (χ1v) is 7.85. The highest BCUT2D eigenvalue weighted by Gasteiger charge is 2.33. The molecule has 0 amide bonds. The molecule has 1 saturated heterocycles. The first kappa shape index (κ1) is 16.4. The second kappa shape index (κ2) is 7.18. The lowest BCUT2D eigenvalue weighted by atomic mass is 10.1. The summed E-state index contributed by atoms with van der Waals surface area (Å²) in [5.41, 5.74) is 0. The summed E-state index contributed by atoms with van der Waals surface area (Å²) in [5, 5.41) is 17.9. The van der Waals surface area contributed by atoms with Crippen LogP contribution in [0.25, 0.3) is 0 Å². The summed E-state index contributed by atoms with van der Waals surface area (Å²) >= 11 is 0. The van der Waals surface area contributed by atoms with Crippen molar-refractivity contribution in [3.05, 3.63) is 0 Å². The van der Waals surface area contributed by atoms with E-state index >= 15 is 0 Å². The SMILES string of the molecule is CN(CCC(=O)O)S(=O)(=O)N1CCCCCC1CO. The Morgan fingerprint density at radius 1 is 1.37 bits per heavy atom. The van der Waals surface area contributed by atoms with Gasteiger partial charge >= 0.3 is 5.97 Å². The molecule has 1 aliphatic rings. The predicted octanol–water partition coefficient (Wildman–Crippen LogP) is -0.125. The predicted molar refractivity (Wildman–Crippen MR) is 69.9 cm³/mol. The second-order valence-corrected chi connectivity index (χ2v) is 6.76. The van der Waals surface area contributed by atoms with Crippen molar-refractivity contribution in [3.8, 4) is 0 Å². The van der Waals surface area contributed by atoms with Crippen LogP contribution in [0.4, 0.5) is 0 Å². The number of hydrogen-bond donors (Lipinski definition) is 2. The van der Waals surface area contributed by atoms with E-state index in [1.165, 1.54) is 11.4 Å². The molecule has 2 N–H and O–H groups in total. The zero-order valence-corrected chi connectivity index (χ0v) is 12.0. The van der Waals surface area contributed by atoms with Crippen LogP contribution in [-0.2, 0) is 15.0 Å². The third kappa shape index (κ3) is 4.41. The first-order chi connectivity index (χ1) is 8.89. The van der Waals surface area contributed by atoms with Gasteiger partial charge in [0.25, 0.3) is 10.2 Å². The molecule has 112 valence electrons. The van der Waals surface area contributed by atoms with Crippen molar-refractivity contribution in [2.45, 2.75) is 38.1 Å². The largest absolute Gasteiger partial charge is 0.481 e. The summed E-state index contributed by atoms with van der Waals surface area (Å²) in [6, 6.07) is -0.403. The number of carboxylic acids is 1. The number of aliphatic hydroxyl groups is 1. The van der Waals surface area contributed by atoms with Gasteiger partial charge in [-0.25, -0.2) is 0 Å². The first-order valence-electron chi connectivity index (χ1n) is 6.45. The van der Waals surface area contributed by atoms with E-state index in [1.54, 1.807) is 0 Å². The monoisotopic (exact) mass is 294 g/mol. The highest BCUT2D eigenvalue weighted by atomic mass is 32.2. The van der Waals surface area contributed by atoms with Crippen LogP contribution in [0.1, 0.15) is 32.1 Å². The third-order valence-corrected chi connectivity index (χ3v) is 5.41. The molecule has 7 nitrogen and oxygen atoms in total. The topological polar surface area (TPSA) is 98.2 Å². The molecule has 0 aliphatic carbocycles. The van der Waals surface area contributed by atoms with Gasteiger partial charge in [-0.3, -0.25) is 4.79 Å². The Kier molecular flexibility index (Phi) is 6.18. The molecule has 0 saturated carbocycles. The van der Waals surface area contributed by atoms with Gasteiger partial charge in [-0.2, -0.15) is 17.0 Å². The minimum atomic E-state index is -3.70. The second-order valence-electron chi connectivity index (χ2n) is 4.77.